The van der Waals surface area contributed by atoms with E-state index in [4.69, 9.17) is 10.1 Å². The molecule has 1 aromatic carbocycles. The molecule has 188 valence electrons. The second-order valence-electron chi connectivity index (χ2n) is 8.66. The smallest absolute Gasteiger partial charge is 0.238 e. The molecule has 12 heteroatoms. The highest BCUT2D eigenvalue weighted by molar-refractivity contribution is 7.99. The highest BCUT2D eigenvalue weighted by atomic mass is 32.2. The van der Waals surface area contributed by atoms with Gasteiger partial charge in [0, 0.05) is 61.3 Å². The first-order valence-electron chi connectivity index (χ1n) is 11.8. The summed E-state index contributed by atoms with van der Waals surface area (Å²) >= 11 is 1.44. The molecular weight excluding hydrogens is 478 g/mol. The number of aryl methyl sites for hydroxylation is 1. The number of rotatable bonds is 9. The monoisotopic (exact) mass is 507 g/mol. The predicted octanol–water partition coefficient (Wildman–Crippen LogP) is 2.20. The molecule has 1 fully saturated rings. The van der Waals surface area contributed by atoms with E-state index in [1.165, 1.54) is 11.8 Å². The number of aromatic nitrogens is 5. The molecule has 1 amide bonds. The van der Waals surface area contributed by atoms with Crippen molar-refractivity contribution in [2.45, 2.75) is 17.0 Å². The molecule has 36 heavy (non-hydrogen) atoms. The third-order valence-electron chi connectivity index (χ3n) is 5.92. The zero-order chi connectivity index (χ0) is 24.9. The molecule has 0 spiro atoms. The van der Waals surface area contributed by atoms with E-state index >= 15 is 0 Å². The molecule has 4 aromatic rings. The van der Waals surface area contributed by atoms with Crippen molar-refractivity contribution in [1.29, 1.82) is 0 Å². The fourth-order valence-corrected chi connectivity index (χ4v) is 4.83. The Labute approximate surface area is 212 Å². The SMILES string of the molecule is Cc1cc(Nc2nc(Sc3ccc(NC(=O)CN4CCN(CCO)CC4)cc3)nn3cccc23)n[nH]1. The number of aliphatic hydroxyl groups excluding tert-OH is 1. The molecule has 0 bridgehead atoms. The van der Waals surface area contributed by atoms with Gasteiger partial charge in [0.05, 0.1) is 13.2 Å². The molecule has 1 aliphatic rings. The van der Waals surface area contributed by atoms with E-state index in [-0.39, 0.29) is 12.5 Å². The number of anilines is 3. The van der Waals surface area contributed by atoms with Crippen LogP contribution >= 0.6 is 11.8 Å². The number of nitrogens with zero attached hydrogens (tertiary/aromatic N) is 6. The van der Waals surface area contributed by atoms with Crippen molar-refractivity contribution in [3.8, 4) is 0 Å². The van der Waals surface area contributed by atoms with Gasteiger partial charge >= 0.3 is 0 Å². The molecule has 0 atom stereocenters. The summed E-state index contributed by atoms with van der Waals surface area (Å²) in [5.41, 5.74) is 2.56. The summed E-state index contributed by atoms with van der Waals surface area (Å²) in [7, 11) is 0. The van der Waals surface area contributed by atoms with Gasteiger partial charge in [-0.05, 0) is 55.1 Å². The number of benzene rings is 1. The van der Waals surface area contributed by atoms with E-state index < -0.39 is 0 Å². The third kappa shape index (κ3) is 6.02. The fraction of sp³-hybridized carbons (Fsp3) is 0.333. The lowest BCUT2D eigenvalue weighted by Gasteiger charge is -2.33. The summed E-state index contributed by atoms with van der Waals surface area (Å²) in [5.74, 6) is 1.33. The first-order chi connectivity index (χ1) is 17.6. The van der Waals surface area contributed by atoms with Crippen LogP contribution < -0.4 is 10.6 Å². The van der Waals surface area contributed by atoms with Crippen LogP contribution in [0.1, 0.15) is 5.69 Å². The van der Waals surface area contributed by atoms with Gasteiger partial charge in [0.25, 0.3) is 0 Å². The molecule has 0 unspecified atom stereocenters. The number of aliphatic hydroxyl groups is 1. The Hall–Kier alpha value is -3.45. The van der Waals surface area contributed by atoms with E-state index in [0.29, 0.717) is 29.9 Å². The van der Waals surface area contributed by atoms with Gasteiger partial charge in [0.15, 0.2) is 11.6 Å². The molecule has 0 radical (unpaired) electrons. The van der Waals surface area contributed by atoms with Gasteiger partial charge in [-0.15, -0.1) is 5.10 Å². The maximum Gasteiger partial charge on any atom is 0.238 e. The van der Waals surface area contributed by atoms with E-state index in [9.17, 15) is 4.79 Å². The average Bonchev–Trinajstić information content (AvgIpc) is 3.50. The van der Waals surface area contributed by atoms with Crippen LogP contribution in [0.5, 0.6) is 0 Å². The molecule has 4 N–H and O–H groups in total. The largest absolute Gasteiger partial charge is 0.395 e. The van der Waals surface area contributed by atoms with Crippen molar-refractivity contribution >= 4 is 40.5 Å². The number of hydrogen-bond donors (Lipinski definition) is 4. The predicted molar refractivity (Wildman–Crippen MR) is 139 cm³/mol. The quantitative estimate of drug-likeness (QED) is 0.270. The van der Waals surface area contributed by atoms with Crippen molar-refractivity contribution in [1.82, 2.24) is 34.6 Å². The Kier molecular flexibility index (Phi) is 7.47. The van der Waals surface area contributed by atoms with Crippen molar-refractivity contribution in [3.05, 3.63) is 54.4 Å². The minimum absolute atomic E-state index is 0.0308. The number of fused-ring (bicyclic) bond motifs is 1. The lowest BCUT2D eigenvalue weighted by Crippen LogP contribution is -2.49. The number of H-pyrrole nitrogens is 1. The van der Waals surface area contributed by atoms with E-state index in [0.717, 1.165) is 48.0 Å². The maximum absolute atomic E-state index is 12.5. The fourth-order valence-electron chi connectivity index (χ4n) is 4.08. The topological polar surface area (TPSA) is 127 Å². The number of aromatic amines is 1. The Morgan fingerprint density at radius 2 is 1.92 bits per heavy atom. The molecule has 11 nitrogen and oxygen atoms in total. The molecule has 5 rings (SSSR count). The van der Waals surface area contributed by atoms with Crippen molar-refractivity contribution in [2.24, 2.45) is 0 Å². The molecule has 1 aliphatic heterocycles. The summed E-state index contributed by atoms with van der Waals surface area (Å²) < 4.78 is 1.79. The Morgan fingerprint density at radius 3 is 2.64 bits per heavy atom. The van der Waals surface area contributed by atoms with E-state index in [1.807, 2.05) is 55.6 Å². The van der Waals surface area contributed by atoms with Crippen LogP contribution in [0.15, 0.2) is 58.7 Å². The Morgan fingerprint density at radius 1 is 1.14 bits per heavy atom. The highest BCUT2D eigenvalue weighted by Gasteiger charge is 2.18. The van der Waals surface area contributed by atoms with Crippen molar-refractivity contribution < 1.29 is 9.90 Å². The molecule has 0 aliphatic carbocycles. The van der Waals surface area contributed by atoms with Crippen molar-refractivity contribution in [2.75, 3.05) is 56.5 Å². The Bertz CT molecular complexity index is 1310. The Balaban J connectivity index is 1.19. The highest BCUT2D eigenvalue weighted by Crippen LogP contribution is 2.28. The summed E-state index contributed by atoms with van der Waals surface area (Å²) in [5, 5.41) is 27.6. The summed E-state index contributed by atoms with van der Waals surface area (Å²) in [6.45, 7) is 6.56. The summed E-state index contributed by atoms with van der Waals surface area (Å²) in [6, 6.07) is 13.5. The van der Waals surface area contributed by atoms with Gasteiger partial charge in [-0.25, -0.2) is 9.50 Å². The van der Waals surface area contributed by atoms with Crippen LogP contribution in [0.2, 0.25) is 0 Å². The third-order valence-corrected chi connectivity index (χ3v) is 6.78. The minimum Gasteiger partial charge on any atom is -0.395 e. The van der Waals surface area contributed by atoms with Crippen LogP contribution in [0.25, 0.3) is 5.52 Å². The number of carbonyl (C=O) groups is 1. The number of β-amino-alcohol motifs (C(OH)–C–C–N with tert-alkyl or cyclic N) is 1. The second kappa shape index (κ2) is 11.1. The molecular formula is C24H29N9O2S. The molecule has 4 heterocycles. The standard InChI is InChI=1S/C24H29N9O2S/c1-17-15-21(29-28-17)26-23-20-3-2-8-33(20)30-24(27-23)36-19-6-4-18(5-7-19)25-22(35)16-32-11-9-31(10-12-32)13-14-34/h2-8,15,34H,9-14,16H2,1H3,(H,25,35)(H2,26,27,28,29,30). The van der Waals surface area contributed by atoms with E-state index in [1.54, 1.807) is 4.52 Å². The maximum atomic E-state index is 12.5. The van der Waals surface area contributed by atoms with Gasteiger partial charge in [0.1, 0.15) is 5.52 Å². The zero-order valence-corrected chi connectivity index (χ0v) is 20.8. The van der Waals surface area contributed by atoms with Gasteiger partial charge in [0.2, 0.25) is 11.1 Å². The van der Waals surface area contributed by atoms with Crippen LogP contribution in [-0.2, 0) is 4.79 Å². The number of nitrogens with one attached hydrogen (secondary N) is 3. The second-order valence-corrected chi connectivity index (χ2v) is 9.70. The van der Waals surface area contributed by atoms with Crippen molar-refractivity contribution in [3.63, 3.8) is 0 Å². The molecule has 1 saturated heterocycles. The summed E-state index contributed by atoms with van der Waals surface area (Å²) in [6.07, 6.45) is 1.88. The molecule has 0 saturated carbocycles. The average molecular weight is 508 g/mol. The first-order valence-corrected chi connectivity index (χ1v) is 12.6. The number of amides is 1. The normalized spacial score (nSPS) is 14.8. The lowest BCUT2D eigenvalue weighted by molar-refractivity contribution is -0.117. The zero-order valence-electron chi connectivity index (χ0n) is 20.0. The van der Waals surface area contributed by atoms with Gasteiger partial charge in [-0.2, -0.15) is 5.10 Å². The van der Waals surface area contributed by atoms with E-state index in [2.05, 4.69) is 35.7 Å². The number of piperazine rings is 1. The van der Waals surface area contributed by atoms with Gasteiger partial charge in [-0.1, -0.05) is 0 Å². The van der Waals surface area contributed by atoms with Gasteiger partial charge in [-0.3, -0.25) is 19.7 Å². The minimum atomic E-state index is -0.0308. The number of hydrogen-bond acceptors (Lipinski definition) is 9. The number of carbonyl (C=O) groups excluding carboxylic acids is 1. The van der Waals surface area contributed by atoms with Crippen LogP contribution in [0, 0.1) is 6.92 Å². The van der Waals surface area contributed by atoms with Crippen LogP contribution in [0.3, 0.4) is 0 Å². The van der Waals surface area contributed by atoms with Gasteiger partial charge < -0.3 is 15.7 Å². The molecule has 3 aromatic heterocycles. The first kappa shape index (κ1) is 24.3. The van der Waals surface area contributed by atoms with Crippen LogP contribution in [0.4, 0.5) is 17.3 Å². The lowest BCUT2D eigenvalue weighted by atomic mass is 10.3. The van der Waals surface area contributed by atoms with Crippen LogP contribution in [-0.4, -0.2) is 91.5 Å². The summed E-state index contributed by atoms with van der Waals surface area (Å²) in [4.78, 5) is 22.5.